The molecule has 110 valence electrons. The van der Waals surface area contributed by atoms with E-state index in [4.69, 9.17) is 9.84 Å². The Morgan fingerprint density at radius 3 is 2.75 bits per heavy atom. The Morgan fingerprint density at radius 1 is 1.45 bits per heavy atom. The molecule has 1 aromatic rings. The third-order valence-corrected chi connectivity index (χ3v) is 4.24. The number of carbonyl (C=O) groups is 1. The number of rotatable bonds is 5. The first kappa shape index (κ1) is 14.9. The molecule has 0 aromatic heterocycles. The molecule has 20 heavy (non-hydrogen) atoms. The number of amides is 1. The predicted molar refractivity (Wildman–Crippen MR) is 77.8 cm³/mol. The molecule has 0 radical (unpaired) electrons. The van der Waals surface area contributed by atoms with Crippen LogP contribution in [0.15, 0.2) is 24.3 Å². The maximum atomic E-state index is 12.5. The lowest BCUT2D eigenvalue weighted by Gasteiger charge is -2.30. The lowest BCUT2D eigenvalue weighted by atomic mass is 9.92. The van der Waals surface area contributed by atoms with E-state index in [2.05, 4.69) is 5.32 Å². The summed E-state index contributed by atoms with van der Waals surface area (Å²) in [6.07, 6.45) is 0.827. The minimum absolute atomic E-state index is 0.0430. The van der Waals surface area contributed by atoms with Gasteiger partial charge in [0.15, 0.2) is 6.10 Å². The van der Waals surface area contributed by atoms with Crippen LogP contribution in [0.4, 0.5) is 0 Å². The van der Waals surface area contributed by atoms with Crippen LogP contribution >= 0.6 is 0 Å². The molecule has 2 N–H and O–H groups in total. The van der Waals surface area contributed by atoms with Crippen LogP contribution in [0.5, 0.6) is 5.75 Å². The fraction of sp³-hybridized carbons (Fsp3) is 0.562. The molecule has 4 heteroatoms. The number of para-hydroxylation sites is 1. The van der Waals surface area contributed by atoms with Crippen molar-refractivity contribution < 1.29 is 14.6 Å². The van der Waals surface area contributed by atoms with Crippen molar-refractivity contribution in [1.29, 1.82) is 0 Å². The second kappa shape index (κ2) is 5.83. The third kappa shape index (κ3) is 2.80. The highest BCUT2D eigenvalue weighted by atomic mass is 16.5. The van der Waals surface area contributed by atoms with Gasteiger partial charge in [0.1, 0.15) is 5.75 Å². The maximum absolute atomic E-state index is 12.5. The van der Waals surface area contributed by atoms with Crippen molar-refractivity contribution in [3.63, 3.8) is 0 Å². The summed E-state index contributed by atoms with van der Waals surface area (Å²) >= 11 is 0. The Kier molecular flexibility index (Phi) is 4.33. The maximum Gasteiger partial charge on any atom is 0.262 e. The summed E-state index contributed by atoms with van der Waals surface area (Å²) in [5.41, 5.74) is 0.692. The molecule has 4 nitrogen and oxygen atoms in total. The molecule has 3 atom stereocenters. The second-order valence-corrected chi connectivity index (χ2v) is 5.74. The van der Waals surface area contributed by atoms with Gasteiger partial charge in [-0.2, -0.15) is 0 Å². The van der Waals surface area contributed by atoms with Crippen molar-refractivity contribution in [1.82, 2.24) is 5.32 Å². The van der Waals surface area contributed by atoms with Crippen LogP contribution in [0.3, 0.4) is 0 Å². The first-order valence-electron chi connectivity index (χ1n) is 7.19. The highest BCUT2D eigenvalue weighted by Crippen LogP contribution is 2.37. The Hall–Kier alpha value is -1.55. The molecule has 1 amide bonds. The normalized spacial score (nSPS) is 23.6. The Morgan fingerprint density at radius 2 is 2.15 bits per heavy atom. The molecule has 0 saturated carbocycles. The van der Waals surface area contributed by atoms with Gasteiger partial charge in [-0.05, 0) is 25.8 Å². The van der Waals surface area contributed by atoms with Gasteiger partial charge in [-0.15, -0.1) is 0 Å². The minimum atomic E-state index is -0.489. The van der Waals surface area contributed by atoms with E-state index in [1.54, 1.807) is 0 Å². The zero-order valence-corrected chi connectivity index (χ0v) is 12.3. The standard InChI is InChI=1S/C16H23NO3/c1-4-16(3,9-10-18)17-15(19)14-11(2)12-7-5-6-8-13(12)20-14/h5-8,11,14,18H,4,9-10H2,1-3H3,(H,17,19). The summed E-state index contributed by atoms with van der Waals surface area (Å²) in [6, 6.07) is 7.76. The third-order valence-electron chi connectivity index (χ3n) is 4.24. The molecule has 1 aromatic carbocycles. The first-order valence-corrected chi connectivity index (χ1v) is 7.19. The molecule has 0 bridgehead atoms. The van der Waals surface area contributed by atoms with Crippen molar-refractivity contribution in [2.75, 3.05) is 6.61 Å². The number of hydrogen-bond acceptors (Lipinski definition) is 3. The number of ether oxygens (including phenoxy) is 1. The molecule has 2 rings (SSSR count). The van der Waals surface area contributed by atoms with Crippen LogP contribution in [0.2, 0.25) is 0 Å². The van der Waals surface area contributed by atoms with Crippen LogP contribution < -0.4 is 10.1 Å². The van der Waals surface area contributed by atoms with Gasteiger partial charge < -0.3 is 15.2 Å². The number of carbonyl (C=O) groups excluding carboxylic acids is 1. The number of aliphatic hydroxyl groups excluding tert-OH is 1. The van der Waals surface area contributed by atoms with Gasteiger partial charge in [0.25, 0.3) is 5.91 Å². The van der Waals surface area contributed by atoms with E-state index < -0.39 is 6.10 Å². The average molecular weight is 277 g/mol. The molecule has 1 aliphatic rings. The summed E-state index contributed by atoms with van der Waals surface area (Å²) in [6.45, 7) is 6.02. The SMILES string of the molecule is CCC(C)(CCO)NC(=O)C1Oc2ccccc2C1C. The van der Waals surface area contributed by atoms with Crippen molar-refractivity contribution in [2.24, 2.45) is 0 Å². The molecule has 3 unspecified atom stereocenters. The smallest absolute Gasteiger partial charge is 0.262 e. The van der Waals surface area contributed by atoms with Gasteiger partial charge >= 0.3 is 0 Å². The largest absolute Gasteiger partial charge is 0.480 e. The van der Waals surface area contributed by atoms with E-state index in [9.17, 15) is 4.79 Å². The lowest BCUT2D eigenvalue weighted by Crippen LogP contribution is -2.51. The Bertz CT molecular complexity index is 488. The van der Waals surface area contributed by atoms with E-state index in [1.165, 1.54) is 0 Å². The van der Waals surface area contributed by atoms with Gasteiger partial charge in [0, 0.05) is 23.6 Å². The minimum Gasteiger partial charge on any atom is -0.480 e. The molecule has 0 fully saturated rings. The lowest BCUT2D eigenvalue weighted by molar-refractivity contribution is -0.130. The molecular weight excluding hydrogens is 254 g/mol. The molecule has 0 spiro atoms. The van der Waals surface area contributed by atoms with Gasteiger partial charge in [-0.1, -0.05) is 32.0 Å². The summed E-state index contributed by atoms with van der Waals surface area (Å²) in [4.78, 5) is 12.5. The fourth-order valence-electron chi connectivity index (χ4n) is 2.59. The van der Waals surface area contributed by atoms with E-state index in [-0.39, 0.29) is 24.0 Å². The number of fused-ring (bicyclic) bond motifs is 1. The number of aliphatic hydroxyl groups is 1. The summed E-state index contributed by atoms with van der Waals surface area (Å²) < 4.78 is 5.77. The summed E-state index contributed by atoms with van der Waals surface area (Å²) in [5.74, 6) is 0.730. The monoisotopic (exact) mass is 277 g/mol. The van der Waals surface area contributed by atoms with Crippen LogP contribution in [0, 0.1) is 0 Å². The number of hydrogen-bond donors (Lipinski definition) is 2. The highest BCUT2D eigenvalue weighted by molar-refractivity contribution is 5.84. The molecule has 0 aliphatic carbocycles. The topological polar surface area (TPSA) is 58.6 Å². The van der Waals surface area contributed by atoms with Gasteiger partial charge in [-0.25, -0.2) is 0 Å². The van der Waals surface area contributed by atoms with Crippen molar-refractivity contribution in [3.8, 4) is 5.75 Å². The Labute approximate surface area is 120 Å². The zero-order chi connectivity index (χ0) is 14.8. The fourth-order valence-corrected chi connectivity index (χ4v) is 2.59. The van der Waals surface area contributed by atoms with Crippen LogP contribution in [0.25, 0.3) is 0 Å². The Balaban J connectivity index is 2.09. The molecular formula is C16H23NO3. The van der Waals surface area contributed by atoms with E-state index in [1.807, 2.05) is 45.0 Å². The van der Waals surface area contributed by atoms with Crippen molar-refractivity contribution >= 4 is 5.91 Å². The summed E-state index contributed by atoms with van der Waals surface area (Å²) in [5, 5.41) is 12.1. The van der Waals surface area contributed by atoms with Gasteiger partial charge in [-0.3, -0.25) is 4.79 Å². The van der Waals surface area contributed by atoms with Crippen molar-refractivity contribution in [3.05, 3.63) is 29.8 Å². The first-order chi connectivity index (χ1) is 9.50. The quantitative estimate of drug-likeness (QED) is 0.867. The van der Waals surface area contributed by atoms with E-state index in [0.29, 0.717) is 6.42 Å². The second-order valence-electron chi connectivity index (χ2n) is 5.74. The highest BCUT2D eigenvalue weighted by Gasteiger charge is 2.38. The number of benzene rings is 1. The van der Waals surface area contributed by atoms with Crippen LogP contribution in [-0.2, 0) is 4.79 Å². The van der Waals surface area contributed by atoms with Crippen LogP contribution in [0.1, 0.15) is 45.1 Å². The number of nitrogens with one attached hydrogen (secondary N) is 1. The predicted octanol–water partition coefficient (Wildman–Crippen LogP) is 2.22. The van der Waals surface area contributed by atoms with Gasteiger partial charge in [0.05, 0.1) is 0 Å². The van der Waals surface area contributed by atoms with E-state index in [0.717, 1.165) is 17.7 Å². The van der Waals surface area contributed by atoms with Crippen molar-refractivity contribution in [2.45, 2.75) is 51.2 Å². The molecule has 1 heterocycles. The van der Waals surface area contributed by atoms with Gasteiger partial charge in [0.2, 0.25) is 0 Å². The average Bonchev–Trinajstić information content (AvgIpc) is 2.77. The van der Waals surface area contributed by atoms with E-state index >= 15 is 0 Å². The zero-order valence-electron chi connectivity index (χ0n) is 12.3. The summed E-state index contributed by atoms with van der Waals surface area (Å²) in [7, 11) is 0. The molecule has 0 saturated heterocycles. The molecule has 1 aliphatic heterocycles. The van der Waals surface area contributed by atoms with Crippen LogP contribution in [-0.4, -0.2) is 29.3 Å².